The summed E-state index contributed by atoms with van der Waals surface area (Å²) >= 11 is 0. The van der Waals surface area contributed by atoms with Gasteiger partial charge in [-0.05, 0) is 24.0 Å². The lowest BCUT2D eigenvalue weighted by Gasteiger charge is -2.30. The smallest absolute Gasteiger partial charge is 0.323 e. The summed E-state index contributed by atoms with van der Waals surface area (Å²) in [5, 5.41) is 8.98. The van der Waals surface area contributed by atoms with Crippen molar-refractivity contribution in [3.05, 3.63) is 29.8 Å². The number of ether oxygens (including phenoxy) is 1. The Morgan fingerprint density at radius 2 is 2.10 bits per heavy atom. The number of hydrogen-bond acceptors (Lipinski definition) is 3. The molecule has 0 spiro atoms. The molecule has 0 fully saturated rings. The summed E-state index contributed by atoms with van der Waals surface area (Å²) in [5.41, 5.74) is 1.00. The van der Waals surface area contributed by atoms with Crippen molar-refractivity contribution in [2.24, 2.45) is 11.8 Å². The van der Waals surface area contributed by atoms with Gasteiger partial charge in [-0.2, -0.15) is 0 Å². The molecule has 1 amide bonds. The Labute approximate surface area is 124 Å². The van der Waals surface area contributed by atoms with Crippen LogP contribution >= 0.6 is 0 Å². The molecule has 0 radical (unpaired) electrons. The summed E-state index contributed by atoms with van der Waals surface area (Å²) in [5.74, 6) is -0.389. The second-order valence-electron chi connectivity index (χ2n) is 5.83. The maximum atomic E-state index is 12.6. The van der Waals surface area contributed by atoms with Gasteiger partial charge in [-0.1, -0.05) is 32.0 Å². The summed E-state index contributed by atoms with van der Waals surface area (Å²) < 4.78 is 5.62. The standard InChI is InChI=1S/C16H21NO4/c1-11(2)8-17(9-15(18)19)16(20)13-7-12-5-3-4-6-14(12)21-10-13/h3-6,11,13H,7-10H2,1-2H3,(H,18,19). The van der Waals surface area contributed by atoms with E-state index in [0.29, 0.717) is 19.6 Å². The van der Waals surface area contributed by atoms with Crippen LogP contribution in [0.4, 0.5) is 0 Å². The highest BCUT2D eigenvalue weighted by atomic mass is 16.5. The Morgan fingerprint density at radius 3 is 2.76 bits per heavy atom. The first-order valence-electron chi connectivity index (χ1n) is 7.18. The van der Waals surface area contributed by atoms with Crippen molar-refractivity contribution in [1.82, 2.24) is 4.90 Å². The molecule has 0 bridgehead atoms. The van der Waals surface area contributed by atoms with E-state index >= 15 is 0 Å². The first-order chi connectivity index (χ1) is 9.97. The molecule has 0 saturated heterocycles. The van der Waals surface area contributed by atoms with Crippen LogP contribution < -0.4 is 4.74 Å². The maximum absolute atomic E-state index is 12.6. The van der Waals surface area contributed by atoms with Crippen LogP contribution in [0.5, 0.6) is 5.75 Å². The molecule has 1 aliphatic heterocycles. The van der Waals surface area contributed by atoms with Crippen molar-refractivity contribution in [2.75, 3.05) is 19.7 Å². The molecule has 2 rings (SSSR count). The lowest BCUT2D eigenvalue weighted by molar-refractivity contribution is -0.147. The fourth-order valence-corrected chi connectivity index (χ4v) is 2.58. The average Bonchev–Trinajstić information content (AvgIpc) is 2.44. The fraction of sp³-hybridized carbons (Fsp3) is 0.500. The van der Waals surface area contributed by atoms with Crippen LogP contribution in [-0.4, -0.2) is 41.6 Å². The van der Waals surface area contributed by atoms with Crippen molar-refractivity contribution in [2.45, 2.75) is 20.3 Å². The number of fused-ring (bicyclic) bond motifs is 1. The summed E-state index contributed by atoms with van der Waals surface area (Å²) in [6.07, 6.45) is 0.600. The lowest BCUT2D eigenvalue weighted by Crippen LogP contribution is -2.44. The number of carbonyl (C=O) groups is 2. The SMILES string of the molecule is CC(C)CN(CC(=O)O)C(=O)C1COc2ccccc2C1. The number of rotatable bonds is 5. The quantitative estimate of drug-likeness (QED) is 0.898. The Morgan fingerprint density at radius 1 is 1.38 bits per heavy atom. The monoisotopic (exact) mass is 291 g/mol. The molecular formula is C16H21NO4. The molecule has 1 N–H and O–H groups in total. The number of amides is 1. The van der Waals surface area contributed by atoms with E-state index in [4.69, 9.17) is 9.84 Å². The van der Waals surface area contributed by atoms with Gasteiger partial charge in [0.15, 0.2) is 0 Å². The highest BCUT2D eigenvalue weighted by Gasteiger charge is 2.30. The zero-order valence-electron chi connectivity index (χ0n) is 12.4. The molecule has 5 heteroatoms. The van der Waals surface area contributed by atoms with Crippen LogP contribution in [-0.2, 0) is 16.0 Å². The van der Waals surface area contributed by atoms with Gasteiger partial charge in [0, 0.05) is 6.54 Å². The molecular weight excluding hydrogens is 270 g/mol. The topological polar surface area (TPSA) is 66.8 Å². The van der Waals surface area contributed by atoms with E-state index in [2.05, 4.69) is 0 Å². The zero-order chi connectivity index (χ0) is 15.4. The van der Waals surface area contributed by atoms with Crippen molar-refractivity contribution in [3.63, 3.8) is 0 Å². The highest BCUT2D eigenvalue weighted by Crippen LogP contribution is 2.27. The van der Waals surface area contributed by atoms with E-state index in [1.165, 1.54) is 4.90 Å². The Bertz CT molecular complexity index is 527. The summed E-state index contributed by atoms with van der Waals surface area (Å²) in [6.45, 7) is 4.44. The minimum Gasteiger partial charge on any atom is -0.492 e. The van der Waals surface area contributed by atoms with Gasteiger partial charge < -0.3 is 14.7 Å². The van der Waals surface area contributed by atoms with Crippen LogP contribution in [0.25, 0.3) is 0 Å². The van der Waals surface area contributed by atoms with Crippen molar-refractivity contribution >= 4 is 11.9 Å². The number of para-hydroxylation sites is 1. The fourth-order valence-electron chi connectivity index (χ4n) is 2.58. The first kappa shape index (κ1) is 15.4. The minimum atomic E-state index is -0.985. The predicted octanol–water partition coefficient (Wildman–Crippen LogP) is 1.81. The minimum absolute atomic E-state index is 0.138. The van der Waals surface area contributed by atoms with Crippen molar-refractivity contribution in [1.29, 1.82) is 0 Å². The van der Waals surface area contributed by atoms with Gasteiger partial charge in [-0.3, -0.25) is 9.59 Å². The number of carboxylic acid groups (broad SMARTS) is 1. The predicted molar refractivity (Wildman–Crippen MR) is 78.2 cm³/mol. The number of aliphatic carboxylic acids is 1. The number of carboxylic acids is 1. The third-order valence-electron chi connectivity index (χ3n) is 3.45. The number of benzene rings is 1. The number of hydrogen-bond donors (Lipinski definition) is 1. The number of carbonyl (C=O) groups excluding carboxylic acids is 1. The molecule has 5 nitrogen and oxygen atoms in total. The molecule has 1 aromatic rings. The van der Waals surface area contributed by atoms with Gasteiger partial charge >= 0.3 is 5.97 Å². The highest BCUT2D eigenvalue weighted by molar-refractivity contribution is 5.83. The van der Waals surface area contributed by atoms with Gasteiger partial charge in [-0.15, -0.1) is 0 Å². The van der Waals surface area contributed by atoms with E-state index < -0.39 is 5.97 Å². The van der Waals surface area contributed by atoms with E-state index in [-0.39, 0.29) is 24.3 Å². The maximum Gasteiger partial charge on any atom is 0.323 e. The van der Waals surface area contributed by atoms with E-state index in [0.717, 1.165) is 11.3 Å². The molecule has 21 heavy (non-hydrogen) atoms. The molecule has 0 aromatic heterocycles. The third kappa shape index (κ3) is 3.97. The number of nitrogens with zero attached hydrogens (tertiary/aromatic N) is 1. The van der Waals surface area contributed by atoms with Crippen LogP contribution in [0, 0.1) is 11.8 Å². The van der Waals surface area contributed by atoms with E-state index in [1.54, 1.807) is 0 Å². The average molecular weight is 291 g/mol. The Kier molecular flexibility index (Phi) is 4.83. The molecule has 1 aliphatic rings. The molecule has 114 valence electrons. The lowest BCUT2D eigenvalue weighted by atomic mass is 9.95. The van der Waals surface area contributed by atoms with E-state index in [9.17, 15) is 9.59 Å². The Hall–Kier alpha value is -2.04. The molecule has 1 aromatic carbocycles. The van der Waals surface area contributed by atoms with Crippen LogP contribution in [0.1, 0.15) is 19.4 Å². The van der Waals surface area contributed by atoms with Gasteiger partial charge in [0.05, 0.1) is 5.92 Å². The largest absolute Gasteiger partial charge is 0.492 e. The second-order valence-corrected chi connectivity index (χ2v) is 5.83. The molecule has 1 heterocycles. The third-order valence-corrected chi connectivity index (χ3v) is 3.45. The molecule has 0 aliphatic carbocycles. The van der Waals surface area contributed by atoms with E-state index in [1.807, 2.05) is 38.1 Å². The Balaban J connectivity index is 2.09. The van der Waals surface area contributed by atoms with Gasteiger partial charge in [0.1, 0.15) is 18.9 Å². The van der Waals surface area contributed by atoms with Crippen LogP contribution in [0.15, 0.2) is 24.3 Å². The molecule has 1 atom stereocenters. The normalized spacial score (nSPS) is 17.0. The van der Waals surface area contributed by atoms with Crippen LogP contribution in [0.2, 0.25) is 0 Å². The van der Waals surface area contributed by atoms with Crippen molar-refractivity contribution < 1.29 is 19.4 Å². The first-order valence-corrected chi connectivity index (χ1v) is 7.18. The van der Waals surface area contributed by atoms with Gasteiger partial charge in [0.25, 0.3) is 0 Å². The zero-order valence-corrected chi connectivity index (χ0v) is 12.4. The molecule has 0 saturated carbocycles. The second kappa shape index (κ2) is 6.61. The van der Waals surface area contributed by atoms with Gasteiger partial charge in [-0.25, -0.2) is 0 Å². The van der Waals surface area contributed by atoms with Crippen LogP contribution in [0.3, 0.4) is 0 Å². The summed E-state index contributed by atoms with van der Waals surface area (Å²) in [4.78, 5) is 24.9. The summed E-state index contributed by atoms with van der Waals surface area (Å²) in [7, 11) is 0. The van der Waals surface area contributed by atoms with Gasteiger partial charge in [0.2, 0.25) is 5.91 Å². The van der Waals surface area contributed by atoms with Crippen molar-refractivity contribution in [3.8, 4) is 5.75 Å². The molecule has 1 unspecified atom stereocenters. The summed E-state index contributed by atoms with van der Waals surface area (Å²) in [6, 6.07) is 7.65.